The van der Waals surface area contributed by atoms with E-state index >= 15 is 0 Å². The fourth-order valence-electron chi connectivity index (χ4n) is 4.44. The Bertz CT molecular complexity index is 825. The maximum absolute atomic E-state index is 13.0. The molecule has 0 bridgehead atoms. The summed E-state index contributed by atoms with van der Waals surface area (Å²) in [6, 6.07) is 3.23. The highest BCUT2D eigenvalue weighted by molar-refractivity contribution is 7.98. The number of carbonyl (C=O) groups excluding carboxylic acids is 2. The van der Waals surface area contributed by atoms with Crippen LogP contribution in [0.4, 0.5) is 0 Å². The molecule has 2 aliphatic rings. The number of nitrogens with one attached hydrogen (secondary N) is 1. The van der Waals surface area contributed by atoms with E-state index in [1.165, 1.54) is 18.9 Å². The number of rotatable bonds is 5. The minimum atomic E-state index is -0.446. The van der Waals surface area contributed by atoms with E-state index in [1.54, 1.807) is 6.20 Å². The summed E-state index contributed by atoms with van der Waals surface area (Å²) >= 11 is 7.12. The summed E-state index contributed by atoms with van der Waals surface area (Å²) in [6.07, 6.45) is 6.62. The van der Waals surface area contributed by atoms with Crippen LogP contribution in [0.2, 0.25) is 0 Å². The van der Waals surface area contributed by atoms with Gasteiger partial charge in [-0.15, -0.1) is 11.8 Å². The Morgan fingerprint density at radius 1 is 1.23 bits per heavy atom. The van der Waals surface area contributed by atoms with Crippen LogP contribution >= 0.6 is 24.0 Å². The molecule has 0 aliphatic carbocycles. The van der Waals surface area contributed by atoms with E-state index in [9.17, 15) is 9.59 Å². The Labute approximate surface area is 194 Å². The van der Waals surface area contributed by atoms with Gasteiger partial charge in [0, 0.05) is 32.4 Å². The Hall–Kier alpha value is -1.87. The molecular weight excluding hydrogens is 432 g/mol. The van der Waals surface area contributed by atoms with Crippen LogP contribution < -0.4 is 5.32 Å². The number of esters is 1. The summed E-state index contributed by atoms with van der Waals surface area (Å²) < 4.78 is 4.91. The highest BCUT2D eigenvalue weighted by Crippen LogP contribution is 2.40. The fourth-order valence-corrected chi connectivity index (χ4v) is 5.26. The molecule has 2 fully saturated rings. The Balaban J connectivity index is 1.57. The molecule has 1 aromatic rings. The number of hydrogen-bond acceptors (Lipinski definition) is 6. The molecule has 9 heteroatoms. The molecule has 2 aliphatic heterocycles. The molecular formula is C22H32N4O3S2. The van der Waals surface area contributed by atoms with Gasteiger partial charge in [-0.3, -0.25) is 4.79 Å². The molecule has 2 saturated heterocycles. The lowest BCUT2D eigenvalue weighted by Gasteiger charge is -2.39. The molecule has 0 saturated carbocycles. The number of aromatic nitrogens is 1. The van der Waals surface area contributed by atoms with Gasteiger partial charge in [0.1, 0.15) is 11.1 Å². The molecule has 1 aromatic heterocycles. The quantitative estimate of drug-likeness (QED) is 0.405. The topological polar surface area (TPSA) is 74.8 Å². The van der Waals surface area contributed by atoms with Gasteiger partial charge in [0.15, 0.2) is 5.11 Å². The average molecular weight is 465 g/mol. The largest absolute Gasteiger partial charge is 0.467 e. The zero-order valence-corrected chi connectivity index (χ0v) is 20.4. The predicted octanol–water partition coefficient (Wildman–Crippen LogP) is 2.80. The smallest absolute Gasteiger partial charge is 0.328 e. The van der Waals surface area contributed by atoms with E-state index < -0.39 is 6.04 Å². The van der Waals surface area contributed by atoms with Crippen molar-refractivity contribution in [2.24, 2.45) is 11.3 Å². The molecule has 7 nitrogen and oxygen atoms in total. The van der Waals surface area contributed by atoms with Crippen LogP contribution in [0.25, 0.3) is 0 Å². The van der Waals surface area contributed by atoms with Crippen LogP contribution in [0.3, 0.4) is 0 Å². The standard InChI is InChI=1S/C22H32N4O3S2/c1-15(2)17(20(28)29-3)24-21(30)26-13-9-22(14-26)7-11-25(12-8-22)19(27)16-6-5-10-23-18(16)31-4/h5-6,10,15,17H,7-9,11-14H2,1-4H3,(H,24,30). The summed E-state index contributed by atoms with van der Waals surface area (Å²) in [5.41, 5.74) is 0.852. The second kappa shape index (κ2) is 10.2. The van der Waals surface area contributed by atoms with Crippen LogP contribution in [0.1, 0.15) is 43.5 Å². The van der Waals surface area contributed by atoms with E-state index in [0.29, 0.717) is 10.7 Å². The van der Waals surface area contributed by atoms with Gasteiger partial charge < -0.3 is 19.9 Å². The van der Waals surface area contributed by atoms with Crippen LogP contribution in [0.15, 0.2) is 23.4 Å². The van der Waals surface area contributed by atoms with E-state index in [1.807, 2.05) is 37.1 Å². The molecule has 0 radical (unpaired) electrons. The van der Waals surface area contributed by atoms with Gasteiger partial charge in [0.2, 0.25) is 0 Å². The third-order valence-corrected chi connectivity index (χ3v) is 7.52. The normalized spacial score (nSPS) is 18.9. The van der Waals surface area contributed by atoms with Gasteiger partial charge in [0.25, 0.3) is 5.91 Å². The molecule has 1 amide bonds. The second-order valence-electron chi connectivity index (χ2n) is 8.72. The average Bonchev–Trinajstić information content (AvgIpc) is 3.20. The van der Waals surface area contributed by atoms with Crippen molar-refractivity contribution in [2.45, 2.75) is 44.2 Å². The lowest BCUT2D eigenvalue weighted by atomic mass is 9.77. The van der Waals surface area contributed by atoms with Gasteiger partial charge >= 0.3 is 5.97 Å². The van der Waals surface area contributed by atoms with Crippen LogP contribution in [0, 0.1) is 11.3 Å². The molecule has 3 rings (SSSR count). The van der Waals surface area contributed by atoms with E-state index in [0.717, 1.165) is 50.5 Å². The van der Waals surface area contributed by atoms with Crippen molar-refractivity contribution in [3.05, 3.63) is 23.9 Å². The number of ether oxygens (including phenoxy) is 1. The number of nitrogens with zero attached hydrogens (tertiary/aromatic N) is 3. The number of likely N-dealkylation sites (tertiary alicyclic amines) is 2. The van der Waals surface area contributed by atoms with E-state index in [4.69, 9.17) is 17.0 Å². The summed E-state index contributed by atoms with van der Waals surface area (Å²) in [6.45, 7) is 7.15. The first-order valence-electron chi connectivity index (χ1n) is 10.7. The molecule has 1 spiro atoms. The number of thioether (sulfide) groups is 1. The first-order chi connectivity index (χ1) is 14.8. The monoisotopic (exact) mass is 464 g/mol. The first kappa shape index (κ1) is 23.8. The van der Waals surface area contributed by atoms with Crippen molar-refractivity contribution in [1.29, 1.82) is 0 Å². The molecule has 0 aromatic carbocycles. The van der Waals surface area contributed by atoms with Gasteiger partial charge in [-0.25, -0.2) is 9.78 Å². The maximum atomic E-state index is 13.0. The molecule has 31 heavy (non-hydrogen) atoms. The zero-order chi connectivity index (χ0) is 22.6. The van der Waals surface area contributed by atoms with E-state index in [2.05, 4.69) is 15.2 Å². The Kier molecular flexibility index (Phi) is 7.80. The second-order valence-corrected chi connectivity index (χ2v) is 9.90. The Morgan fingerprint density at radius 3 is 2.45 bits per heavy atom. The predicted molar refractivity (Wildman–Crippen MR) is 126 cm³/mol. The van der Waals surface area contributed by atoms with Crippen molar-refractivity contribution >= 4 is 41.0 Å². The number of hydrogen-bond donors (Lipinski definition) is 1. The van der Waals surface area contributed by atoms with Crippen molar-refractivity contribution < 1.29 is 14.3 Å². The van der Waals surface area contributed by atoms with Crippen molar-refractivity contribution in [2.75, 3.05) is 39.5 Å². The molecule has 170 valence electrons. The van der Waals surface area contributed by atoms with Gasteiger partial charge in [-0.2, -0.15) is 0 Å². The SMILES string of the molecule is COC(=O)C(NC(=S)N1CCC2(CCN(C(=O)c3cccnc3SC)CC2)C1)C(C)C. The number of methoxy groups -OCH3 is 1. The van der Waals surface area contributed by atoms with Crippen molar-refractivity contribution in [3.8, 4) is 0 Å². The summed E-state index contributed by atoms with van der Waals surface area (Å²) in [5.74, 6) is -0.148. The lowest BCUT2D eigenvalue weighted by molar-refractivity contribution is -0.143. The number of pyridine rings is 1. The van der Waals surface area contributed by atoms with E-state index in [-0.39, 0.29) is 23.2 Å². The number of amides is 1. The Morgan fingerprint density at radius 2 is 1.87 bits per heavy atom. The molecule has 1 unspecified atom stereocenters. The van der Waals surface area contributed by atoms with Crippen LogP contribution in [-0.2, 0) is 9.53 Å². The number of piperidine rings is 1. The first-order valence-corrected chi connectivity index (χ1v) is 12.3. The molecule has 1 atom stereocenters. The third-order valence-electron chi connectivity index (χ3n) is 6.43. The minimum Gasteiger partial charge on any atom is -0.467 e. The van der Waals surface area contributed by atoms with Crippen LogP contribution in [-0.4, -0.2) is 77.4 Å². The number of carbonyl (C=O) groups is 2. The summed E-state index contributed by atoms with van der Waals surface area (Å²) in [4.78, 5) is 33.5. The fraction of sp³-hybridized carbons (Fsp3) is 0.636. The highest BCUT2D eigenvalue weighted by Gasteiger charge is 2.42. The third kappa shape index (κ3) is 5.31. The van der Waals surface area contributed by atoms with Gasteiger partial charge in [-0.05, 0) is 61.2 Å². The zero-order valence-electron chi connectivity index (χ0n) is 18.7. The van der Waals surface area contributed by atoms with Crippen LogP contribution in [0.5, 0.6) is 0 Å². The maximum Gasteiger partial charge on any atom is 0.328 e. The van der Waals surface area contributed by atoms with Gasteiger partial charge in [0.05, 0.1) is 12.7 Å². The lowest BCUT2D eigenvalue weighted by Crippen LogP contribution is -2.51. The highest BCUT2D eigenvalue weighted by atomic mass is 32.2. The molecule has 3 heterocycles. The number of thiocarbonyl (C=S) groups is 1. The van der Waals surface area contributed by atoms with Gasteiger partial charge in [-0.1, -0.05) is 13.8 Å². The summed E-state index contributed by atoms with van der Waals surface area (Å²) in [7, 11) is 1.40. The minimum absolute atomic E-state index is 0.0668. The van der Waals surface area contributed by atoms with Crippen molar-refractivity contribution in [1.82, 2.24) is 20.1 Å². The molecule has 1 N–H and O–H groups in total. The van der Waals surface area contributed by atoms with Crippen molar-refractivity contribution in [3.63, 3.8) is 0 Å². The summed E-state index contributed by atoms with van der Waals surface area (Å²) in [5, 5.41) is 4.59.